The zero-order valence-electron chi connectivity index (χ0n) is 17.9. The average molecular weight is 465 g/mol. The molecular formula is C25H21ClN2O5. The van der Waals surface area contributed by atoms with Crippen LogP contribution in [0.1, 0.15) is 26.3 Å². The van der Waals surface area contributed by atoms with E-state index in [0.29, 0.717) is 17.0 Å². The molecule has 0 heterocycles. The van der Waals surface area contributed by atoms with Crippen LogP contribution in [0.25, 0.3) is 6.08 Å². The van der Waals surface area contributed by atoms with Crippen molar-refractivity contribution in [1.82, 2.24) is 5.32 Å². The first-order valence-electron chi connectivity index (χ1n) is 9.82. The second-order valence-corrected chi connectivity index (χ2v) is 7.20. The van der Waals surface area contributed by atoms with Crippen molar-refractivity contribution in [2.75, 3.05) is 19.5 Å². The summed E-state index contributed by atoms with van der Waals surface area (Å²) in [5.74, 6) is -1.02. The Bertz CT molecular complexity index is 1210. The van der Waals surface area contributed by atoms with E-state index in [4.69, 9.17) is 21.1 Å². The van der Waals surface area contributed by atoms with Gasteiger partial charge in [0.25, 0.3) is 11.8 Å². The number of anilines is 1. The van der Waals surface area contributed by atoms with E-state index < -0.39 is 17.8 Å². The van der Waals surface area contributed by atoms with Gasteiger partial charge in [0, 0.05) is 5.69 Å². The summed E-state index contributed by atoms with van der Waals surface area (Å²) in [6.45, 7) is 0. The minimum Gasteiger partial charge on any atom is -0.497 e. The third-order valence-electron chi connectivity index (χ3n) is 4.58. The van der Waals surface area contributed by atoms with Crippen LogP contribution in [-0.2, 0) is 9.53 Å². The number of carbonyl (C=O) groups is 3. The Morgan fingerprint density at radius 3 is 2.30 bits per heavy atom. The molecule has 3 aromatic carbocycles. The number of halogens is 1. The molecule has 168 valence electrons. The van der Waals surface area contributed by atoms with Crippen molar-refractivity contribution in [3.63, 3.8) is 0 Å². The van der Waals surface area contributed by atoms with E-state index in [9.17, 15) is 14.4 Å². The number of hydrogen-bond acceptors (Lipinski definition) is 5. The molecule has 8 heteroatoms. The summed E-state index contributed by atoms with van der Waals surface area (Å²) in [5, 5.41) is 5.57. The number of methoxy groups -OCH3 is 2. The fraction of sp³-hybridized carbons (Fsp3) is 0.0800. The molecule has 0 bridgehead atoms. The number of ether oxygens (including phenoxy) is 2. The molecule has 2 amide bonds. The lowest BCUT2D eigenvalue weighted by molar-refractivity contribution is -0.113. The zero-order chi connectivity index (χ0) is 23.8. The van der Waals surface area contributed by atoms with Crippen LogP contribution < -0.4 is 15.4 Å². The SMILES string of the molecule is COC(=O)c1cccc(NC(=O)C(=Cc2ccc(OC)cc2)NC(=O)c2ccccc2Cl)c1. The van der Waals surface area contributed by atoms with Crippen molar-refractivity contribution >= 4 is 41.1 Å². The molecule has 0 saturated heterocycles. The standard InChI is InChI=1S/C25H21ClN2O5/c1-32-19-12-10-16(11-13-19)14-22(28-23(29)20-8-3-4-9-21(20)26)24(30)27-18-7-5-6-17(15-18)25(31)33-2/h3-15H,1-2H3,(H,27,30)(H,28,29). The fourth-order valence-corrected chi connectivity index (χ4v) is 3.12. The molecule has 0 spiro atoms. The van der Waals surface area contributed by atoms with E-state index in [-0.39, 0.29) is 21.8 Å². The van der Waals surface area contributed by atoms with Crippen LogP contribution in [0, 0.1) is 0 Å². The van der Waals surface area contributed by atoms with Gasteiger partial charge in [-0.3, -0.25) is 9.59 Å². The average Bonchev–Trinajstić information content (AvgIpc) is 2.83. The highest BCUT2D eigenvalue weighted by atomic mass is 35.5. The minimum atomic E-state index is -0.590. The molecule has 2 N–H and O–H groups in total. The summed E-state index contributed by atoms with van der Waals surface area (Å²) in [5.41, 5.74) is 1.49. The lowest BCUT2D eigenvalue weighted by atomic mass is 10.1. The number of hydrogen-bond donors (Lipinski definition) is 2. The maximum absolute atomic E-state index is 13.1. The predicted octanol–water partition coefficient (Wildman–Crippen LogP) is 4.54. The molecule has 7 nitrogen and oxygen atoms in total. The van der Waals surface area contributed by atoms with Gasteiger partial charge in [0.1, 0.15) is 11.4 Å². The summed E-state index contributed by atoms with van der Waals surface area (Å²) in [6, 6.07) is 19.7. The van der Waals surface area contributed by atoms with E-state index in [1.54, 1.807) is 73.8 Å². The van der Waals surface area contributed by atoms with Crippen molar-refractivity contribution < 1.29 is 23.9 Å². The first kappa shape index (κ1) is 23.6. The number of esters is 1. The first-order chi connectivity index (χ1) is 15.9. The van der Waals surface area contributed by atoms with Crippen molar-refractivity contribution in [2.45, 2.75) is 0 Å². The van der Waals surface area contributed by atoms with E-state index in [0.717, 1.165) is 0 Å². The zero-order valence-corrected chi connectivity index (χ0v) is 18.7. The lowest BCUT2D eigenvalue weighted by Gasteiger charge is -2.12. The van der Waals surface area contributed by atoms with Crippen molar-refractivity contribution in [3.8, 4) is 5.75 Å². The summed E-state index contributed by atoms with van der Waals surface area (Å²) >= 11 is 6.13. The third-order valence-corrected chi connectivity index (χ3v) is 4.91. The van der Waals surface area contributed by atoms with Gasteiger partial charge in [0.15, 0.2) is 0 Å². The van der Waals surface area contributed by atoms with Gasteiger partial charge in [-0.2, -0.15) is 0 Å². The van der Waals surface area contributed by atoms with Crippen LogP contribution in [0.3, 0.4) is 0 Å². The summed E-state index contributed by atoms with van der Waals surface area (Å²) in [4.78, 5) is 37.7. The predicted molar refractivity (Wildman–Crippen MR) is 126 cm³/mol. The van der Waals surface area contributed by atoms with Gasteiger partial charge < -0.3 is 20.1 Å². The molecule has 0 aliphatic heterocycles. The molecule has 0 aliphatic carbocycles. The Morgan fingerprint density at radius 1 is 0.909 bits per heavy atom. The second-order valence-electron chi connectivity index (χ2n) is 6.79. The minimum absolute atomic E-state index is 0.0199. The Balaban J connectivity index is 1.91. The number of nitrogens with one attached hydrogen (secondary N) is 2. The molecule has 3 rings (SSSR count). The smallest absolute Gasteiger partial charge is 0.337 e. The number of benzene rings is 3. The molecule has 0 aliphatic rings. The Hall–Kier alpha value is -4.10. The van der Waals surface area contributed by atoms with Crippen LogP contribution in [0.15, 0.2) is 78.5 Å². The van der Waals surface area contributed by atoms with E-state index in [2.05, 4.69) is 10.6 Å². The quantitative estimate of drug-likeness (QED) is 0.395. The monoisotopic (exact) mass is 464 g/mol. The molecule has 0 fully saturated rings. The summed E-state index contributed by atoms with van der Waals surface area (Å²) in [7, 11) is 2.82. The maximum Gasteiger partial charge on any atom is 0.337 e. The van der Waals surface area contributed by atoms with Crippen LogP contribution >= 0.6 is 11.6 Å². The van der Waals surface area contributed by atoms with Crippen molar-refractivity contribution in [3.05, 3.63) is 100 Å². The van der Waals surface area contributed by atoms with Gasteiger partial charge >= 0.3 is 5.97 Å². The molecule has 0 saturated carbocycles. The Morgan fingerprint density at radius 2 is 1.64 bits per heavy atom. The van der Waals surface area contributed by atoms with Crippen molar-refractivity contribution in [2.24, 2.45) is 0 Å². The first-order valence-corrected chi connectivity index (χ1v) is 10.2. The third kappa shape index (κ3) is 6.21. The topological polar surface area (TPSA) is 93.7 Å². The van der Waals surface area contributed by atoms with Gasteiger partial charge in [-0.15, -0.1) is 0 Å². The highest BCUT2D eigenvalue weighted by Gasteiger charge is 2.17. The van der Waals surface area contributed by atoms with Gasteiger partial charge in [-0.25, -0.2) is 4.79 Å². The molecular weight excluding hydrogens is 444 g/mol. The second kappa shape index (κ2) is 11.0. The number of carbonyl (C=O) groups excluding carboxylic acids is 3. The van der Waals surface area contributed by atoms with Crippen LogP contribution in [0.4, 0.5) is 5.69 Å². The van der Waals surface area contributed by atoms with Crippen molar-refractivity contribution in [1.29, 1.82) is 0 Å². The van der Waals surface area contributed by atoms with Crippen LogP contribution in [0.5, 0.6) is 5.75 Å². The molecule has 0 radical (unpaired) electrons. The Labute approximate surface area is 196 Å². The van der Waals surface area contributed by atoms with Crippen LogP contribution in [0.2, 0.25) is 5.02 Å². The lowest BCUT2D eigenvalue weighted by Crippen LogP contribution is -2.31. The van der Waals surface area contributed by atoms with E-state index in [1.165, 1.54) is 19.3 Å². The molecule has 3 aromatic rings. The normalized spacial score (nSPS) is 10.8. The summed E-state index contributed by atoms with van der Waals surface area (Å²) in [6.07, 6.45) is 1.52. The highest BCUT2D eigenvalue weighted by Crippen LogP contribution is 2.18. The molecule has 0 atom stereocenters. The highest BCUT2D eigenvalue weighted by molar-refractivity contribution is 6.34. The molecule has 33 heavy (non-hydrogen) atoms. The largest absolute Gasteiger partial charge is 0.497 e. The van der Waals surface area contributed by atoms with Gasteiger partial charge in [-0.1, -0.05) is 41.9 Å². The van der Waals surface area contributed by atoms with E-state index >= 15 is 0 Å². The fourth-order valence-electron chi connectivity index (χ4n) is 2.90. The Kier molecular flexibility index (Phi) is 7.83. The molecule has 0 aromatic heterocycles. The number of rotatable bonds is 7. The van der Waals surface area contributed by atoms with Crippen LogP contribution in [-0.4, -0.2) is 32.0 Å². The molecule has 0 unspecified atom stereocenters. The van der Waals surface area contributed by atoms with Gasteiger partial charge in [0.2, 0.25) is 0 Å². The number of amides is 2. The van der Waals surface area contributed by atoms with E-state index in [1.807, 2.05) is 0 Å². The van der Waals surface area contributed by atoms with Gasteiger partial charge in [0.05, 0.1) is 30.4 Å². The van der Waals surface area contributed by atoms with Gasteiger partial charge in [-0.05, 0) is 54.1 Å². The summed E-state index contributed by atoms with van der Waals surface area (Å²) < 4.78 is 9.87. The maximum atomic E-state index is 13.1.